The van der Waals surface area contributed by atoms with Crippen molar-refractivity contribution in [2.24, 2.45) is 5.41 Å². The van der Waals surface area contributed by atoms with E-state index < -0.39 is 17.1 Å². The van der Waals surface area contributed by atoms with Crippen LogP contribution >= 0.6 is 0 Å². The third-order valence-electron chi connectivity index (χ3n) is 10.3. The molecule has 0 saturated heterocycles. The van der Waals surface area contributed by atoms with Gasteiger partial charge in [-0.25, -0.2) is 0 Å². The number of nitrogens with zero attached hydrogens (tertiary/aromatic N) is 1. The van der Waals surface area contributed by atoms with Gasteiger partial charge in [0.1, 0.15) is 0 Å². The van der Waals surface area contributed by atoms with E-state index in [9.17, 15) is 15.0 Å². The van der Waals surface area contributed by atoms with E-state index in [2.05, 4.69) is 63.1 Å². The van der Waals surface area contributed by atoms with E-state index >= 15 is 0 Å². The minimum atomic E-state index is -0.864. The fourth-order valence-corrected chi connectivity index (χ4v) is 7.80. The molecule has 3 aliphatic carbocycles. The molecule has 6 rings (SSSR count). The van der Waals surface area contributed by atoms with E-state index in [1.807, 2.05) is 48.5 Å². The molecule has 0 aliphatic heterocycles. The van der Waals surface area contributed by atoms with Gasteiger partial charge in [0.05, 0.1) is 11.7 Å². The fourth-order valence-electron chi connectivity index (χ4n) is 7.80. The van der Waals surface area contributed by atoms with Gasteiger partial charge in [0.15, 0.2) is 5.78 Å². The summed E-state index contributed by atoms with van der Waals surface area (Å²) in [6, 6.07) is 24.3. The number of fused-ring (bicyclic) bond motifs is 8. The fraction of sp³-hybridized carbons (Fsp3) is 0.462. The summed E-state index contributed by atoms with van der Waals surface area (Å²) in [7, 11) is 2.11. The smallest absolute Gasteiger partial charge is 0.193 e. The Kier molecular flexibility index (Phi) is 9.70. The Bertz CT molecular complexity index is 1450. The topological polar surface area (TPSA) is 60.8 Å². The zero-order valence-electron chi connectivity index (χ0n) is 26.5. The lowest BCUT2D eigenvalue weighted by Gasteiger charge is -2.45. The van der Waals surface area contributed by atoms with Gasteiger partial charge in [0.25, 0.3) is 0 Å². The van der Waals surface area contributed by atoms with E-state index in [1.165, 1.54) is 5.57 Å². The minimum Gasteiger partial charge on any atom is -0.393 e. The minimum absolute atomic E-state index is 0.00881. The molecule has 2 bridgehead atoms. The van der Waals surface area contributed by atoms with Crippen molar-refractivity contribution in [2.75, 3.05) is 20.1 Å². The number of rotatable bonds is 7. The normalized spacial score (nSPS) is 26.2. The quantitative estimate of drug-likeness (QED) is 0.220. The zero-order chi connectivity index (χ0) is 30.6. The lowest BCUT2D eigenvalue weighted by Crippen LogP contribution is -2.51. The van der Waals surface area contributed by atoms with Gasteiger partial charge in [0, 0.05) is 23.1 Å². The van der Waals surface area contributed by atoms with Crippen molar-refractivity contribution < 1.29 is 15.0 Å². The third kappa shape index (κ3) is 6.57. The van der Waals surface area contributed by atoms with Gasteiger partial charge >= 0.3 is 0 Å². The number of ketones is 1. The van der Waals surface area contributed by atoms with Crippen LogP contribution in [0.5, 0.6) is 0 Å². The molecule has 0 unspecified atom stereocenters. The van der Waals surface area contributed by atoms with Crippen LogP contribution in [0.1, 0.15) is 98.7 Å². The van der Waals surface area contributed by atoms with Crippen LogP contribution in [0.15, 0.2) is 84.4 Å². The van der Waals surface area contributed by atoms with Crippen LogP contribution in [0.3, 0.4) is 0 Å². The predicted octanol–water partition coefficient (Wildman–Crippen LogP) is 7.96. The van der Waals surface area contributed by atoms with E-state index in [0.717, 1.165) is 60.9 Å². The Hall–Kier alpha value is -3.05. The molecule has 4 heteroatoms. The number of carbonyl (C=O) groups is 1. The first kappa shape index (κ1) is 31.4. The maximum atomic E-state index is 14.7. The molecule has 43 heavy (non-hydrogen) atoms. The lowest BCUT2D eigenvalue weighted by molar-refractivity contribution is -0.0799. The number of likely N-dealkylation sites (N-methyl/N-ethyl adjacent to an activating group) is 1. The van der Waals surface area contributed by atoms with Crippen LogP contribution in [0.4, 0.5) is 0 Å². The van der Waals surface area contributed by atoms with Gasteiger partial charge in [-0.05, 0) is 106 Å². The van der Waals surface area contributed by atoms with E-state index in [4.69, 9.17) is 0 Å². The van der Waals surface area contributed by atoms with E-state index in [1.54, 1.807) is 0 Å². The molecule has 4 atom stereocenters. The molecular weight excluding hydrogens is 530 g/mol. The summed E-state index contributed by atoms with van der Waals surface area (Å²) in [6.07, 6.45) is 8.18. The predicted molar refractivity (Wildman–Crippen MR) is 177 cm³/mol. The molecule has 4 nitrogen and oxygen atoms in total. The number of benzene rings is 3. The number of aliphatic hydroxyl groups is 2. The maximum Gasteiger partial charge on any atom is 0.193 e. The largest absolute Gasteiger partial charge is 0.393 e. The molecule has 2 N–H and O–H groups in total. The number of hydrogen-bond acceptors (Lipinski definition) is 4. The van der Waals surface area contributed by atoms with Gasteiger partial charge in [0.2, 0.25) is 0 Å². The molecule has 0 spiro atoms. The highest BCUT2D eigenvalue weighted by molar-refractivity contribution is 6.13. The number of allylic oxidation sites excluding steroid dienone is 2. The third-order valence-corrected chi connectivity index (χ3v) is 10.3. The Labute approximate surface area is 258 Å². The van der Waals surface area contributed by atoms with Crippen LogP contribution in [0.2, 0.25) is 0 Å². The Morgan fingerprint density at radius 3 is 2.49 bits per heavy atom. The van der Waals surface area contributed by atoms with Crippen molar-refractivity contribution in [3.63, 3.8) is 0 Å². The van der Waals surface area contributed by atoms with Crippen LogP contribution in [0, 0.1) is 5.41 Å². The zero-order valence-corrected chi connectivity index (χ0v) is 26.5. The summed E-state index contributed by atoms with van der Waals surface area (Å²) in [5.41, 5.74) is 5.36. The SMILES string of the molecule is CCCN(C)C[C@]1(O)CC[C@H]2c3ccc(cc3C(=O)c3ccccc3-c3ccccc3)C[C@@H](O)CCC(C)=CCC[C@@]21C. The van der Waals surface area contributed by atoms with Crippen molar-refractivity contribution in [3.05, 3.63) is 107 Å². The highest BCUT2D eigenvalue weighted by Gasteiger charge is 2.57. The summed E-state index contributed by atoms with van der Waals surface area (Å²) in [4.78, 5) is 17.0. The van der Waals surface area contributed by atoms with Crippen molar-refractivity contribution in [2.45, 2.75) is 89.8 Å². The Morgan fingerprint density at radius 2 is 1.72 bits per heavy atom. The Morgan fingerprint density at radius 1 is 0.977 bits per heavy atom. The molecule has 0 amide bonds. The first-order valence-corrected chi connectivity index (χ1v) is 16.2. The second kappa shape index (κ2) is 13.3. The molecule has 1 saturated carbocycles. The average molecular weight is 580 g/mol. The standard InChI is InChI=1S/C39H49NO3/c1-5-24-40(4)27-39(43)23-21-36-33-20-18-29(25-31(41)19-17-28(2)12-11-22-38(36,39)3)26-35(33)37(42)34-16-10-9-15-32(34)30-13-7-6-8-14-30/h6-10,12-16,18,20,26,31,36,41,43H,5,11,17,19,21-25,27H2,1-4H3/t31-,36-,38-,39+/m0/s1. The molecule has 1 fully saturated rings. The molecule has 3 aromatic carbocycles. The molecule has 3 aliphatic rings. The lowest BCUT2D eigenvalue weighted by atomic mass is 9.64. The van der Waals surface area contributed by atoms with E-state index in [-0.39, 0.29) is 11.7 Å². The molecule has 0 heterocycles. The summed E-state index contributed by atoms with van der Waals surface area (Å²) in [5, 5.41) is 23.4. The van der Waals surface area contributed by atoms with Crippen molar-refractivity contribution >= 4 is 5.78 Å². The second-order valence-electron chi connectivity index (χ2n) is 13.4. The molecule has 3 aromatic rings. The van der Waals surface area contributed by atoms with Gasteiger partial charge in [-0.15, -0.1) is 0 Å². The van der Waals surface area contributed by atoms with Crippen molar-refractivity contribution in [3.8, 4) is 11.1 Å². The summed E-state index contributed by atoms with van der Waals surface area (Å²) in [5.74, 6) is 0.0421. The van der Waals surface area contributed by atoms with Crippen LogP contribution in [-0.4, -0.2) is 52.7 Å². The second-order valence-corrected chi connectivity index (χ2v) is 13.4. The first-order valence-electron chi connectivity index (χ1n) is 16.2. The van der Waals surface area contributed by atoms with Gasteiger partial charge in [-0.1, -0.05) is 92.2 Å². The first-order chi connectivity index (χ1) is 20.6. The van der Waals surface area contributed by atoms with Crippen LogP contribution < -0.4 is 0 Å². The number of aliphatic hydroxyl groups excluding tert-OH is 1. The van der Waals surface area contributed by atoms with Crippen LogP contribution in [-0.2, 0) is 6.42 Å². The molecule has 228 valence electrons. The Balaban J connectivity index is 1.65. The van der Waals surface area contributed by atoms with Gasteiger partial charge in [-0.2, -0.15) is 0 Å². The number of carbonyl (C=O) groups excluding carboxylic acids is 1. The number of hydrogen-bond donors (Lipinski definition) is 2. The van der Waals surface area contributed by atoms with Crippen molar-refractivity contribution in [1.29, 1.82) is 0 Å². The summed E-state index contributed by atoms with van der Waals surface area (Å²) in [6.45, 7) is 8.17. The van der Waals surface area contributed by atoms with E-state index in [0.29, 0.717) is 36.9 Å². The molecule has 0 aromatic heterocycles. The summed E-state index contributed by atoms with van der Waals surface area (Å²) >= 11 is 0. The van der Waals surface area contributed by atoms with Gasteiger partial charge in [-0.3, -0.25) is 4.79 Å². The monoisotopic (exact) mass is 579 g/mol. The molecule has 0 radical (unpaired) electrons. The van der Waals surface area contributed by atoms with Crippen molar-refractivity contribution in [1.82, 2.24) is 4.90 Å². The molecular formula is C39H49NO3. The van der Waals surface area contributed by atoms with Gasteiger partial charge < -0.3 is 15.1 Å². The highest BCUT2D eigenvalue weighted by atomic mass is 16.3. The highest BCUT2D eigenvalue weighted by Crippen LogP contribution is 2.58. The maximum absolute atomic E-state index is 14.7. The summed E-state index contributed by atoms with van der Waals surface area (Å²) < 4.78 is 0. The average Bonchev–Trinajstić information content (AvgIpc) is 3.25. The van der Waals surface area contributed by atoms with Crippen LogP contribution in [0.25, 0.3) is 11.1 Å².